The van der Waals surface area contributed by atoms with Crippen molar-refractivity contribution < 1.29 is 9.53 Å². The van der Waals surface area contributed by atoms with Crippen molar-refractivity contribution in [1.82, 2.24) is 9.97 Å². The van der Waals surface area contributed by atoms with Gasteiger partial charge in [-0.05, 0) is 41.5 Å². The Morgan fingerprint density at radius 3 is 1.79 bits per heavy atom. The smallest absolute Gasteiger partial charge is 0.151 e. The lowest BCUT2D eigenvalue weighted by Crippen LogP contribution is -1.89. The Labute approximate surface area is 140 Å². The lowest BCUT2D eigenvalue weighted by molar-refractivity contribution is 0.112. The van der Waals surface area contributed by atoms with Gasteiger partial charge in [0.25, 0.3) is 0 Å². The molecule has 0 spiro atoms. The molecule has 1 aromatic carbocycles. The van der Waals surface area contributed by atoms with Gasteiger partial charge < -0.3 is 4.74 Å². The second-order valence-corrected chi connectivity index (χ2v) is 5.18. The molecule has 0 fully saturated rings. The van der Waals surface area contributed by atoms with E-state index in [4.69, 9.17) is 4.74 Å². The monoisotopic (exact) mass is 316 g/mol. The number of aldehydes is 1. The zero-order valence-corrected chi connectivity index (χ0v) is 13.2. The molecule has 0 aliphatic carbocycles. The summed E-state index contributed by atoms with van der Waals surface area (Å²) in [4.78, 5) is 19.3. The molecule has 0 saturated heterocycles. The summed E-state index contributed by atoms with van der Waals surface area (Å²) in [6.07, 6.45) is 8.14. The van der Waals surface area contributed by atoms with Crippen molar-refractivity contribution in [3.63, 3.8) is 0 Å². The Bertz CT molecular complexity index is 836. The lowest BCUT2D eigenvalue weighted by Gasteiger charge is -2.01. The van der Waals surface area contributed by atoms with E-state index in [1.165, 1.54) is 0 Å². The molecular weight excluding hydrogens is 300 g/mol. The van der Waals surface area contributed by atoms with Crippen LogP contribution in [0.5, 0.6) is 5.75 Å². The third-order valence-corrected chi connectivity index (χ3v) is 3.56. The average molecular weight is 316 g/mol. The van der Waals surface area contributed by atoms with E-state index in [-0.39, 0.29) is 0 Å². The molecule has 0 saturated carbocycles. The van der Waals surface area contributed by atoms with Crippen molar-refractivity contribution in [3.05, 3.63) is 77.6 Å². The van der Waals surface area contributed by atoms with Gasteiger partial charge in [0.15, 0.2) is 6.29 Å². The molecule has 118 valence electrons. The van der Waals surface area contributed by atoms with Gasteiger partial charge >= 0.3 is 0 Å². The Morgan fingerprint density at radius 1 is 0.750 bits per heavy atom. The van der Waals surface area contributed by atoms with Crippen molar-refractivity contribution in [2.75, 3.05) is 7.11 Å². The van der Waals surface area contributed by atoms with E-state index in [0.29, 0.717) is 5.56 Å². The van der Waals surface area contributed by atoms with Crippen LogP contribution in [0.15, 0.2) is 60.9 Å². The van der Waals surface area contributed by atoms with Gasteiger partial charge in [0.05, 0.1) is 18.5 Å². The van der Waals surface area contributed by atoms with E-state index < -0.39 is 0 Å². The summed E-state index contributed by atoms with van der Waals surface area (Å²) >= 11 is 0. The van der Waals surface area contributed by atoms with E-state index >= 15 is 0 Å². The molecule has 3 aromatic rings. The van der Waals surface area contributed by atoms with E-state index in [1.807, 2.05) is 48.6 Å². The number of rotatable bonds is 5. The minimum Gasteiger partial charge on any atom is -0.497 e. The highest BCUT2D eigenvalue weighted by molar-refractivity contribution is 5.75. The molecule has 0 aliphatic rings. The Balaban J connectivity index is 1.73. The van der Waals surface area contributed by atoms with Crippen LogP contribution in [0, 0.1) is 0 Å². The van der Waals surface area contributed by atoms with E-state index in [2.05, 4.69) is 9.97 Å². The summed E-state index contributed by atoms with van der Waals surface area (Å²) in [6, 6.07) is 15.3. The summed E-state index contributed by atoms with van der Waals surface area (Å²) in [6.45, 7) is 0. The molecule has 0 bridgehead atoms. The van der Waals surface area contributed by atoms with Crippen LogP contribution in [-0.4, -0.2) is 23.4 Å². The summed E-state index contributed by atoms with van der Waals surface area (Å²) < 4.78 is 5.14. The minimum atomic E-state index is 0.554. The molecule has 0 aliphatic heterocycles. The maximum Gasteiger partial charge on any atom is 0.151 e. The highest BCUT2D eigenvalue weighted by Crippen LogP contribution is 2.17. The minimum absolute atomic E-state index is 0.554. The third kappa shape index (κ3) is 3.73. The number of hydrogen-bond donors (Lipinski definition) is 0. The van der Waals surface area contributed by atoms with Crippen LogP contribution < -0.4 is 4.74 Å². The quantitative estimate of drug-likeness (QED) is 0.664. The van der Waals surface area contributed by atoms with E-state index in [0.717, 1.165) is 34.6 Å². The molecule has 2 aromatic heterocycles. The van der Waals surface area contributed by atoms with Gasteiger partial charge in [-0.1, -0.05) is 30.4 Å². The van der Waals surface area contributed by atoms with Crippen LogP contribution in [0.25, 0.3) is 23.5 Å². The lowest BCUT2D eigenvalue weighted by atomic mass is 10.1. The largest absolute Gasteiger partial charge is 0.497 e. The first-order valence-electron chi connectivity index (χ1n) is 7.48. The number of methoxy groups -OCH3 is 1. The normalized spacial score (nSPS) is 10.7. The maximum absolute atomic E-state index is 10.7. The molecular formula is C20H16N2O2. The highest BCUT2D eigenvalue weighted by atomic mass is 16.5. The zero-order valence-electron chi connectivity index (χ0n) is 13.2. The zero-order chi connectivity index (χ0) is 16.8. The molecule has 0 radical (unpaired) electrons. The first-order valence-corrected chi connectivity index (χ1v) is 7.48. The number of aromatic nitrogens is 2. The van der Waals surface area contributed by atoms with Crippen LogP contribution in [0.3, 0.4) is 0 Å². The van der Waals surface area contributed by atoms with Crippen molar-refractivity contribution in [2.24, 2.45) is 0 Å². The van der Waals surface area contributed by atoms with Gasteiger partial charge in [-0.15, -0.1) is 0 Å². The van der Waals surface area contributed by atoms with E-state index in [9.17, 15) is 4.79 Å². The highest BCUT2D eigenvalue weighted by Gasteiger charge is 2.01. The molecule has 0 amide bonds. The number of nitrogens with zero attached hydrogens (tertiary/aromatic N) is 2. The first kappa shape index (κ1) is 15.6. The summed E-state index contributed by atoms with van der Waals surface area (Å²) in [5, 5.41) is 0. The van der Waals surface area contributed by atoms with Crippen molar-refractivity contribution in [1.29, 1.82) is 0 Å². The summed E-state index contributed by atoms with van der Waals surface area (Å²) in [5.41, 5.74) is 4.16. The van der Waals surface area contributed by atoms with E-state index in [1.54, 1.807) is 31.6 Å². The number of hydrogen-bond acceptors (Lipinski definition) is 4. The van der Waals surface area contributed by atoms with Gasteiger partial charge in [0, 0.05) is 18.0 Å². The third-order valence-electron chi connectivity index (χ3n) is 3.56. The fraction of sp³-hybridized carbons (Fsp3) is 0.0500. The SMILES string of the molecule is COc1ccc(/C=C/c2ccc(-c3ccc(C=O)cn3)nc2)cc1. The standard InChI is InChI=1S/C20H16N2O2/c1-24-18-8-4-15(5-9-18)2-3-16-6-10-19(21-12-16)20-11-7-17(14-23)13-22-20/h2-14H,1H3/b3-2+. The predicted octanol–water partition coefficient (Wildman–Crippen LogP) is 4.14. The fourth-order valence-electron chi connectivity index (χ4n) is 2.19. The molecule has 0 N–H and O–H groups in total. The van der Waals surface area contributed by atoms with Crippen LogP contribution in [0.4, 0.5) is 0 Å². The first-order chi connectivity index (χ1) is 11.8. The van der Waals surface area contributed by atoms with Gasteiger partial charge in [-0.3, -0.25) is 14.8 Å². The summed E-state index contributed by atoms with van der Waals surface area (Å²) in [5.74, 6) is 0.839. The Hall–Kier alpha value is -3.27. The van der Waals surface area contributed by atoms with Crippen LogP contribution >= 0.6 is 0 Å². The van der Waals surface area contributed by atoms with Crippen LogP contribution in [0.1, 0.15) is 21.5 Å². The number of benzene rings is 1. The maximum atomic E-state index is 10.7. The molecule has 4 nitrogen and oxygen atoms in total. The van der Waals surface area contributed by atoms with Gasteiger partial charge in [-0.2, -0.15) is 0 Å². The fourth-order valence-corrected chi connectivity index (χ4v) is 2.19. The molecule has 0 unspecified atom stereocenters. The topological polar surface area (TPSA) is 52.1 Å². The van der Waals surface area contributed by atoms with Crippen molar-refractivity contribution in [2.45, 2.75) is 0 Å². The predicted molar refractivity (Wildman–Crippen MR) is 94.8 cm³/mol. The average Bonchev–Trinajstić information content (AvgIpc) is 2.67. The molecule has 4 heteroatoms. The Morgan fingerprint density at radius 2 is 1.29 bits per heavy atom. The van der Waals surface area contributed by atoms with Gasteiger partial charge in [0.1, 0.15) is 5.75 Å². The van der Waals surface area contributed by atoms with Crippen molar-refractivity contribution in [3.8, 4) is 17.1 Å². The molecule has 0 atom stereocenters. The van der Waals surface area contributed by atoms with Gasteiger partial charge in [0.2, 0.25) is 0 Å². The Kier molecular flexibility index (Phi) is 4.77. The molecule has 24 heavy (non-hydrogen) atoms. The number of carbonyl (C=O) groups excluding carboxylic acids is 1. The second kappa shape index (κ2) is 7.33. The molecule has 3 rings (SSSR count). The summed E-state index contributed by atoms with van der Waals surface area (Å²) in [7, 11) is 1.65. The number of carbonyl (C=O) groups is 1. The van der Waals surface area contributed by atoms with Crippen LogP contribution in [0.2, 0.25) is 0 Å². The number of ether oxygens (including phenoxy) is 1. The van der Waals surface area contributed by atoms with Gasteiger partial charge in [-0.25, -0.2) is 0 Å². The second-order valence-electron chi connectivity index (χ2n) is 5.18. The molecule has 2 heterocycles. The van der Waals surface area contributed by atoms with Crippen molar-refractivity contribution >= 4 is 18.4 Å². The number of pyridine rings is 2. The van der Waals surface area contributed by atoms with Crippen LogP contribution in [-0.2, 0) is 0 Å².